The van der Waals surface area contributed by atoms with Crippen LogP contribution >= 0.6 is 0 Å². The number of rotatable bonds is 1. The predicted octanol–water partition coefficient (Wildman–Crippen LogP) is 1.90. The summed E-state index contributed by atoms with van der Waals surface area (Å²) >= 11 is 0. The quantitative estimate of drug-likeness (QED) is 0.747. The van der Waals surface area contributed by atoms with Gasteiger partial charge in [0.1, 0.15) is 5.52 Å². The number of hydrogen-bond acceptors (Lipinski definition) is 3. The summed E-state index contributed by atoms with van der Waals surface area (Å²) < 4.78 is 2.03. The highest BCUT2D eigenvalue weighted by molar-refractivity contribution is 5.84. The first-order valence-electron chi connectivity index (χ1n) is 4.69. The van der Waals surface area contributed by atoms with Gasteiger partial charge in [-0.1, -0.05) is 0 Å². The van der Waals surface area contributed by atoms with Crippen LogP contribution in [0.2, 0.25) is 0 Å². The van der Waals surface area contributed by atoms with Gasteiger partial charge in [0.05, 0.1) is 12.0 Å². The van der Waals surface area contributed by atoms with E-state index in [1.807, 2.05) is 17.6 Å². The van der Waals surface area contributed by atoms with Crippen LogP contribution in [0, 0.1) is 6.92 Å². The first-order valence-corrected chi connectivity index (χ1v) is 4.69. The van der Waals surface area contributed by atoms with Gasteiger partial charge in [0.15, 0.2) is 5.65 Å². The van der Waals surface area contributed by atoms with E-state index in [9.17, 15) is 0 Å². The summed E-state index contributed by atoms with van der Waals surface area (Å²) in [4.78, 5) is 8.69. The van der Waals surface area contributed by atoms with Crippen LogP contribution < -0.4 is 5.73 Å². The maximum absolute atomic E-state index is 5.85. The van der Waals surface area contributed by atoms with Gasteiger partial charge in [0.25, 0.3) is 0 Å². The first-order chi connectivity index (χ1) is 6.59. The molecule has 4 heteroatoms. The second-order valence-corrected chi connectivity index (χ2v) is 3.77. The molecule has 0 spiro atoms. The lowest BCUT2D eigenvalue weighted by Gasteiger charge is -2.07. The van der Waals surface area contributed by atoms with Crippen molar-refractivity contribution in [2.24, 2.45) is 0 Å². The standard InChI is InChI=1S/C10H14N4/c1-6(2)14-5-12-9-8(11)4-7(3)13-10(9)14/h4-6H,1-3H3,(H2,11,13). The third-order valence-electron chi connectivity index (χ3n) is 2.24. The minimum atomic E-state index is 0.355. The Morgan fingerprint density at radius 1 is 1.43 bits per heavy atom. The van der Waals surface area contributed by atoms with Gasteiger partial charge >= 0.3 is 0 Å². The van der Waals surface area contributed by atoms with Crippen molar-refractivity contribution in [1.82, 2.24) is 14.5 Å². The van der Waals surface area contributed by atoms with Gasteiger partial charge in [-0.05, 0) is 26.8 Å². The van der Waals surface area contributed by atoms with Crippen LogP contribution in [0.15, 0.2) is 12.4 Å². The number of nitrogens with zero attached hydrogens (tertiary/aromatic N) is 3. The molecule has 0 fully saturated rings. The van der Waals surface area contributed by atoms with E-state index >= 15 is 0 Å². The van der Waals surface area contributed by atoms with Crippen molar-refractivity contribution in [2.75, 3.05) is 5.73 Å². The third-order valence-corrected chi connectivity index (χ3v) is 2.24. The Hall–Kier alpha value is -1.58. The van der Waals surface area contributed by atoms with Crippen molar-refractivity contribution in [3.8, 4) is 0 Å². The van der Waals surface area contributed by atoms with Crippen molar-refractivity contribution < 1.29 is 0 Å². The molecule has 0 aromatic carbocycles. The maximum atomic E-state index is 5.85. The van der Waals surface area contributed by atoms with Gasteiger partial charge in [-0.3, -0.25) is 0 Å². The molecular weight excluding hydrogens is 176 g/mol. The van der Waals surface area contributed by atoms with Gasteiger partial charge in [-0.25, -0.2) is 9.97 Å². The summed E-state index contributed by atoms with van der Waals surface area (Å²) in [5.74, 6) is 0. The number of pyridine rings is 1. The molecule has 74 valence electrons. The van der Waals surface area contributed by atoms with Gasteiger partial charge in [-0.15, -0.1) is 0 Å². The predicted molar refractivity (Wildman–Crippen MR) is 57.1 cm³/mol. The normalized spacial score (nSPS) is 11.4. The Bertz CT molecular complexity index is 470. The Morgan fingerprint density at radius 2 is 2.14 bits per heavy atom. The molecule has 0 aliphatic carbocycles. The zero-order valence-electron chi connectivity index (χ0n) is 8.65. The molecule has 0 amide bonds. The highest BCUT2D eigenvalue weighted by atomic mass is 15.1. The molecule has 0 saturated carbocycles. The lowest BCUT2D eigenvalue weighted by atomic mass is 10.3. The van der Waals surface area contributed by atoms with Crippen molar-refractivity contribution in [1.29, 1.82) is 0 Å². The average Bonchev–Trinajstić information content (AvgIpc) is 2.47. The summed E-state index contributed by atoms with van der Waals surface area (Å²) in [5.41, 5.74) is 9.15. The van der Waals surface area contributed by atoms with E-state index in [1.54, 1.807) is 6.33 Å². The number of nitrogens with two attached hydrogens (primary N) is 1. The molecule has 0 radical (unpaired) electrons. The van der Waals surface area contributed by atoms with Crippen LogP contribution in [0.25, 0.3) is 11.2 Å². The Kier molecular flexibility index (Phi) is 1.91. The number of hydrogen-bond donors (Lipinski definition) is 1. The second kappa shape index (κ2) is 2.97. The second-order valence-electron chi connectivity index (χ2n) is 3.77. The number of imidazole rings is 1. The summed E-state index contributed by atoms with van der Waals surface area (Å²) in [6.07, 6.45) is 1.79. The van der Waals surface area contributed by atoms with E-state index in [0.29, 0.717) is 11.7 Å². The Morgan fingerprint density at radius 3 is 2.79 bits per heavy atom. The van der Waals surface area contributed by atoms with Gasteiger partial charge in [-0.2, -0.15) is 0 Å². The van der Waals surface area contributed by atoms with Crippen molar-refractivity contribution in [3.63, 3.8) is 0 Å². The van der Waals surface area contributed by atoms with E-state index in [4.69, 9.17) is 5.73 Å². The average molecular weight is 190 g/mol. The number of anilines is 1. The van der Waals surface area contributed by atoms with Crippen LogP contribution in [-0.4, -0.2) is 14.5 Å². The summed E-state index contributed by atoms with van der Waals surface area (Å²) in [7, 11) is 0. The van der Waals surface area contributed by atoms with Crippen LogP contribution in [0.1, 0.15) is 25.6 Å². The van der Waals surface area contributed by atoms with Crippen molar-refractivity contribution >= 4 is 16.9 Å². The summed E-state index contributed by atoms with van der Waals surface area (Å²) in [5, 5.41) is 0. The van der Waals surface area contributed by atoms with E-state index < -0.39 is 0 Å². The fourth-order valence-electron chi connectivity index (χ4n) is 1.54. The maximum Gasteiger partial charge on any atom is 0.162 e. The molecule has 0 bridgehead atoms. The fourth-order valence-corrected chi connectivity index (χ4v) is 1.54. The van der Waals surface area contributed by atoms with E-state index in [1.165, 1.54) is 0 Å². The van der Waals surface area contributed by atoms with Crippen molar-refractivity contribution in [3.05, 3.63) is 18.1 Å². The molecule has 2 aromatic heterocycles. The highest BCUT2D eigenvalue weighted by Gasteiger charge is 2.09. The smallest absolute Gasteiger partial charge is 0.162 e. The van der Waals surface area contributed by atoms with Gasteiger partial charge in [0, 0.05) is 11.7 Å². The zero-order valence-corrected chi connectivity index (χ0v) is 8.65. The Labute approximate surface area is 82.8 Å². The highest BCUT2D eigenvalue weighted by Crippen LogP contribution is 2.21. The molecule has 0 saturated heterocycles. The molecule has 2 N–H and O–H groups in total. The van der Waals surface area contributed by atoms with E-state index in [-0.39, 0.29) is 0 Å². The van der Waals surface area contributed by atoms with Crippen LogP contribution in [0.3, 0.4) is 0 Å². The topological polar surface area (TPSA) is 56.7 Å². The molecule has 0 aliphatic heterocycles. The zero-order chi connectivity index (χ0) is 10.3. The monoisotopic (exact) mass is 190 g/mol. The van der Waals surface area contributed by atoms with Gasteiger partial charge < -0.3 is 10.3 Å². The SMILES string of the molecule is Cc1cc(N)c2ncn(C(C)C)c2n1. The number of nitrogen functional groups attached to an aromatic ring is 1. The molecule has 2 rings (SSSR count). The number of aryl methyl sites for hydroxylation is 1. The minimum absolute atomic E-state index is 0.355. The molecular formula is C10H14N4. The third kappa shape index (κ3) is 1.23. The lowest BCUT2D eigenvalue weighted by molar-refractivity contribution is 0.612. The Balaban J connectivity index is 2.78. The van der Waals surface area contributed by atoms with Crippen LogP contribution in [-0.2, 0) is 0 Å². The fraction of sp³-hybridized carbons (Fsp3) is 0.400. The van der Waals surface area contributed by atoms with Crippen LogP contribution in [0.5, 0.6) is 0 Å². The lowest BCUT2D eigenvalue weighted by Crippen LogP contribution is -2.01. The summed E-state index contributed by atoms with van der Waals surface area (Å²) in [6.45, 7) is 6.14. The van der Waals surface area contributed by atoms with E-state index in [2.05, 4.69) is 23.8 Å². The minimum Gasteiger partial charge on any atom is -0.397 e. The molecule has 2 aromatic rings. The summed E-state index contributed by atoms with van der Waals surface area (Å²) in [6, 6.07) is 2.20. The number of aromatic nitrogens is 3. The van der Waals surface area contributed by atoms with Gasteiger partial charge in [0.2, 0.25) is 0 Å². The molecule has 0 atom stereocenters. The first kappa shape index (κ1) is 8.99. The molecule has 0 unspecified atom stereocenters. The molecule has 2 heterocycles. The molecule has 0 aliphatic rings. The molecule has 14 heavy (non-hydrogen) atoms. The van der Waals surface area contributed by atoms with E-state index in [0.717, 1.165) is 16.9 Å². The molecule has 4 nitrogen and oxygen atoms in total. The van der Waals surface area contributed by atoms with Crippen molar-refractivity contribution in [2.45, 2.75) is 26.8 Å². The van der Waals surface area contributed by atoms with Crippen LogP contribution in [0.4, 0.5) is 5.69 Å². The number of fused-ring (bicyclic) bond motifs is 1. The largest absolute Gasteiger partial charge is 0.397 e.